The number of anilines is 1. The van der Waals surface area contributed by atoms with Crippen LogP contribution in [0.15, 0.2) is 0 Å². The van der Waals surface area contributed by atoms with E-state index < -0.39 is 0 Å². The first-order chi connectivity index (χ1) is 9.61. The molecule has 1 aliphatic heterocycles. The minimum atomic E-state index is 0.589. The van der Waals surface area contributed by atoms with Gasteiger partial charge in [-0.1, -0.05) is 6.92 Å². The van der Waals surface area contributed by atoms with E-state index in [4.69, 9.17) is 9.97 Å². The van der Waals surface area contributed by atoms with E-state index in [2.05, 4.69) is 32.6 Å². The summed E-state index contributed by atoms with van der Waals surface area (Å²) in [5.74, 6) is 2.16. The number of piperidine rings is 1. The van der Waals surface area contributed by atoms with E-state index in [0.29, 0.717) is 6.04 Å². The van der Waals surface area contributed by atoms with E-state index >= 15 is 0 Å². The second-order valence-corrected chi connectivity index (χ2v) is 7.02. The lowest BCUT2D eigenvalue weighted by Crippen LogP contribution is -2.38. The smallest absolute Gasteiger partial charge is 0.141 e. The number of fused-ring (bicyclic) bond motifs is 1. The zero-order chi connectivity index (χ0) is 14.3. The topological polar surface area (TPSA) is 29.0 Å². The van der Waals surface area contributed by atoms with E-state index in [9.17, 15) is 0 Å². The molecule has 0 N–H and O–H groups in total. The summed E-state index contributed by atoms with van der Waals surface area (Å²) in [6.45, 7) is 9.99. The highest BCUT2D eigenvalue weighted by molar-refractivity contribution is 7.18. The number of aromatic nitrogens is 2. The standard InChI is InChI=1S/C16H23N3S/c1-5-13-17-15(19-9-7-6-8-10(19)2)14-11(3)12(4)20-16(14)18-13/h10H,5-9H2,1-4H3. The van der Waals surface area contributed by atoms with E-state index in [-0.39, 0.29) is 0 Å². The fourth-order valence-corrected chi connectivity index (χ4v) is 4.09. The van der Waals surface area contributed by atoms with E-state index in [1.807, 2.05) is 11.3 Å². The molecule has 1 aliphatic rings. The van der Waals surface area contributed by atoms with Crippen molar-refractivity contribution in [3.05, 3.63) is 16.3 Å². The third-order valence-electron chi connectivity index (χ3n) is 4.45. The van der Waals surface area contributed by atoms with Gasteiger partial charge in [-0.25, -0.2) is 9.97 Å². The number of thiophene rings is 1. The van der Waals surface area contributed by atoms with Crippen LogP contribution >= 0.6 is 11.3 Å². The Labute approximate surface area is 125 Å². The average molecular weight is 289 g/mol. The van der Waals surface area contributed by atoms with Crippen molar-refractivity contribution < 1.29 is 0 Å². The van der Waals surface area contributed by atoms with Crippen LogP contribution in [0.1, 0.15) is 49.4 Å². The largest absolute Gasteiger partial charge is 0.353 e. The summed E-state index contributed by atoms with van der Waals surface area (Å²) in [6.07, 6.45) is 4.80. The van der Waals surface area contributed by atoms with E-state index in [1.165, 1.54) is 45.7 Å². The van der Waals surface area contributed by atoms with Gasteiger partial charge >= 0.3 is 0 Å². The zero-order valence-corrected chi connectivity index (χ0v) is 13.7. The Bertz CT molecular complexity index is 632. The van der Waals surface area contributed by atoms with Crippen molar-refractivity contribution in [3.8, 4) is 0 Å². The maximum atomic E-state index is 4.89. The van der Waals surface area contributed by atoms with Crippen LogP contribution in [0.3, 0.4) is 0 Å². The molecule has 1 saturated heterocycles. The minimum Gasteiger partial charge on any atom is -0.353 e. The molecule has 3 heterocycles. The van der Waals surface area contributed by atoms with Gasteiger partial charge in [0.25, 0.3) is 0 Å². The van der Waals surface area contributed by atoms with Crippen molar-refractivity contribution in [1.29, 1.82) is 0 Å². The fourth-order valence-electron chi connectivity index (χ4n) is 3.05. The van der Waals surface area contributed by atoms with Gasteiger partial charge in [0.1, 0.15) is 16.5 Å². The van der Waals surface area contributed by atoms with Crippen LogP contribution in [0.25, 0.3) is 10.2 Å². The van der Waals surface area contributed by atoms with Crippen molar-refractivity contribution in [2.45, 2.75) is 59.4 Å². The number of aryl methyl sites for hydroxylation is 3. The van der Waals surface area contributed by atoms with Crippen molar-refractivity contribution >= 4 is 27.4 Å². The maximum absolute atomic E-state index is 4.89. The molecule has 0 aliphatic carbocycles. The molecule has 1 unspecified atom stereocenters. The monoisotopic (exact) mass is 289 g/mol. The van der Waals surface area contributed by atoms with Gasteiger partial charge in [0.2, 0.25) is 0 Å². The zero-order valence-electron chi connectivity index (χ0n) is 12.9. The van der Waals surface area contributed by atoms with Crippen LogP contribution in [0.2, 0.25) is 0 Å². The highest BCUT2D eigenvalue weighted by atomic mass is 32.1. The maximum Gasteiger partial charge on any atom is 0.141 e. The molecule has 0 aromatic carbocycles. The molecular formula is C16H23N3S. The number of hydrogen-bond acceptors (Lipinski definition) is 4. The summed E-state index contributed by atoms with van der Waals surface area (Å²) >= 11 is 1.81. The van der Waals surface area contributed by atoms with Crippen molar-refractivity contribution in [3.63, 3.8) is 0 Å². The summed E-state index contributed by atoms with van der Waals surface area (Å²) in [7, 11) is 0. The van der Waals surface area contributed by atoms with Gasteiger partial charge in [-0.3, -0.25) is 0 Å². The van der Waals surface area contributed by atoms with Crippen LogP contribution in [-0.2, 0) is 6.42 Å². The summed E-state index contributed by atoms with van der Waals surface area (Å²) < 4.78 is 0. The van der Waals surface area contributed by atoms with Crippen molar-refractivity contribution in [2.75, 3.05) is 11.4 Å². The van der Waals surface area contributed by atoms with Crippen LogP contribution in [0, 0.1) is 13.8 Å². The first-order valence-corrected chi connectivity index (χ1v) is 8.46. The second kappa shape index (κ2) is 5.32. The molecule has 0 spiro atoms. The van der Waals surface area contributed by atoms with E-state index in [1.54, 1.807) is 0 Å². The Morgan fingerprint density at radius 1 is 1.25 bits per heavy atom. The molecule has 20 heavy (non-hydrogen) atoms. The summed E-state index contributed by atoms with van der Waals surface area (Å²) in [5.41, 5.74) is 1.36. The molecule has 0 amide bonds. The quantitative estimate of drug-likeness (QED) is 0.827. The van der Waals surface area contributed by atoms with Crippen molar-refractivity contribution in [2.24, 2.45) is 0 Å². The van der Waals surface area contributed by atoms with Gasteiger partial charge in [-0.15, -0.1) is 11.3 Å². The first kappa shape index (κ1) is 13.8. The summed E-state index contributed by atoms with van der Waals surface area (Å²) in [4.78, 5) is 14.7. The molecule has 0 saturated carbocycles. The lowest BCUT2D eigenvalue weighted by Gasteiger charge is -2.35. The van der Waals surface area contributed by atoms with Crippen molar-refractivity contribution in [1.82, 2.24) is 9.97 Å². The normalized spacial score (nSPS) is 19.8. The molecule has 0 radical (unpaired) electrons. The Hall–Kier alpha value is -1.16. The lowest BCUT2D eigenvalue weighted by atomic mass is 10.0. The predicted octanol–water partition coefficient (Wildman–Crippen LogP) is 4.25. The molecule has 4 heteroatoms. The molecule has 2 aromatic heterocycles. The van der Waals surface area contributed by atoms with Crippen LogP contribution < -0.4 is 4.90 Å². The Morgan fingerprint density at radius 3 is 2.75 bits per heavy atom. The third kappa shape index (κ3) is 2.20. The first-order valence-electron chi connectivity index (χ1n) is 7.65. The predicted molar refractivity (Wildman–Crippen MR) is 86.9 cm³/mol. The SMILES string of the molecule is CCc1nc(N2CCCCC2C)c2c(C)c(C)sc2n1. The molecule has 1 fully saturated rings. The molecule has 2 aromatic rings. The number of hydrogen-bond donors (Lipinski definition) is 0. The molecule has 0 bridgehead atoms. The van der Waals surface area contributed by atoms with Gasteiger partial charge in [0.15, 0.2) is 0 Å². The van der Waals surface area contributed by atoms with E-state index in [0.717, 1.165) is 18.8 Å². The Kier molecular flexibility index (Phi) is 3.67. The number of nitrogens with zero attached hydrogens (tertiary/aromatic N) is 3. The van der Waals surface area contributed by atoms with Crippen LogP contribution in [0.5, 0.6) is 0 Å². The summed E-state index contributed by atoms with van der Waals surface area (Å²) in [5, 5.41) is 1.29. The summed E-state index contributed by atoms with van der Waals surface area (Å²) in [6, 6.07) is 0.589. The molecule has 3 nitrogen and oxygen atoms in total. The highest BCUT2D eigenvalue weighted by Gasteiger charge is 2.24. The minimum absolute atomic E-state index is 0.589. The van der Waals surface area contributed by atoms with Crippen LogP contribution in [-0.4, -0.2) is 22.6 Å². The molecule has 3 rings (SSSR count). The van der Waals surface area contributed by atoms with Gasteiger partial charge in [-0.05, 0) is 45.6 Å². The lowest BCUT2D eigenvalue weighted by molar-refractivity contribution is 0.482. The molecule has 1 atom stereocenters. The van der Waals surface area contributed by atoms with Gasteiger partial charge in [0, 0.05) is 23.9 Å². The number of rotatable bonds is 2. The van der Waals surface area contributed by atoms with Crippen LogP contribution in [0.4, 0.5) is 5.82 Å². The third-order valence-corrected chi connectivity index (χ3v) is 5.55. The highest BCUT2D eigenvalue weighted by Crippen LogP contribution is 2.37. The molecular weight excluding hydrogens is 266 g/mol. The van der Waals surface area contributed by atoms with Gasteiger partial charge in [-0.2, -0.15) is 0 Å². The second-order valence-electron chi connectivity index (χ2n) is 5.82. The Morgan fingerprint density at radius 2 is 2.05 bits per heavy atom. The van der Waals surface area contributed by atoms with Gasteiger partial charge in [0.05, 0.1) is 5.39 Å². The average Bonchev–Trinajstić information content (AvgIpc) is 2.74. The Balaban J connectivity index is 2.21. The molecule has 108 valence electrons. The van der Waals surface area contributed by atoms with Gasteiger partial charge < -0.3 is 4.90 Å². The fraction of sp³-hybridized carbons (Fsp3) is 0.625.